The van der Waals surface area contributed by atoms with E-state index >= 15 is 0 Å². The van der Waals surface area contributed by atoms with E-state index in [0.29, 0.717) is 15.8 Å². The molecule has 1 saturated carbocycles. The summed E-state index contributed by atoms with van der Waals surface area (Å²) in [5.41, 5.74) is 1.85. The van der Waals surface area contributed by atoms with Crippen LogP contribution in [0, 0.1) is 0 Å². The fourth-order valence-electron chi connectivity index (χ4n) is 3.52. The Bertz CT molecular complexity index is 973. The van der Waals surface area contributed by atoms with Crippen molar-refractivity contribution in [3.05, 3.63) is 52.9 Å². The van der Waals surface area contributed by atoms with Crippen LogP contribution in [0.2, 0.25) is 0 Å². The van der Waals surface area contributed by atoms with Crippen molar-refractivity contribution in [2.45, 2.75) is 44.7 Å². The summed E-state index contributed by atoms with van der Waals surface area (Å²) in [6.07, 6.45) is 10.8. The maximum atomic E-state index is 12.4. The molecule has 3 heterocycles. The number of ketones is 1. The Morgan fingerprint density at radius 3 is 2.61 bits per heavy atom. The van der Waals surface area contributed by atoms with Crippen molar-refractivity contribution in [3.63, 3.8) is 0 Å². The standard InChI is InChI=1S/C20H21N5O2S/c1-13(26)18-6-7-19(28-18)20(27)24-15-2-4-16(5-3-15)25-11-14(10-23-25)17-8-9-21-12-22-17/h6-12,15-16H,2-5H2,1H3,(H,24,27). The number of thiophene rings is 1. The number of carbonyl (C=O) groups is 2. The van der Waals surface area contributed by atoms with E-state index in [2.05, 4.69) is 20.4 Å². The topological polar surface area (TPSA) is 89.8 Å². The molecule has 3 aromatic rings. The van der Waals surface area contributed by atoms with Gasteiger partial charge in [0.15, 0.2) is 5.78 Å². The molecule has 0 unspecified atom stereocenters. The number of hydrogen-bond acceptors (Lipinski definition) is 6. The maximum absolute atomic E-state index is 12.4. The molecule has 1 aliphatic carbocycles. The zero-order chi connectivity index (χ0) is 19.5. The van der Waals surface area contributed by atoms with Crippen LogP contribution >= 0.6 is 11.3 Å². The lowest BCUT2D eigenvalue weighted by molar-refractivity contribution is 0.0925. The normalized spacial score (nSPS) is 19.3. The molecule has 28 heavy (non-hydrogen) atoms. The zero-order valence-corrected chi connectivity index (χ0v) is 16.4. The van der Waals surface area contributed by atoms with Crippen molar-refractivity contribution in [2.24, 2.45) is 0 Å². The molecule has 1 amide bonds. The first kappa shape index (κ1) is 18.5. The average Bonchev–Trinajstić information content (AvgIpc) is 3.39. The van der Waals surface area contributed by atoms with E-state index in [4.69, 9.17) is 0 Å². The van der Waals surface area contributed by atoms with E-state index in [-0.39, 0.29) is 17.7 Å². The maximum Gasteiger partial charge on any atom is 0.261 e. The van der Waals surface area contributed by atoms with Crippen molar-refractivity contribution in [1.82, 2.24) is 25.1 Å². The van der Waals surface area contributed by atoms with Crippen LogP contribution in [0.1, 0.15) is 58.0 Å². The molecule has 1 N–H and O–H groups in total. The van der Waals surface area contributed by atoms with Gasteiger partial charge in [-0.1, -0.05) is 0 Å². The fraction of sp³-hybridized carbons (Fsp3) is 0.350. The van der Waals surface area contributed by atoms with Crippen LogP contribution in [0.15, 0.2) is 43.1 Å². The quantitative estimate of drug-likeness (QED) is 0.668. The van der Waals surface area contributed by atoms with Gasteiger partial charge in [-0.05, 0) is 50.8 Å². The van der Waals surface area contributed by atoms with Crippen LogP contribution in [0.25, 0.3) is 11.3 Å². The number of amides is 1. The molecule has 1 fully saturated rings. The zero-order valence-electron chi connectivity index (χ0n) is 15.5. The first-order valence-corrected chi connectivity index (χ1v) is 10.1. The molecule has 0 saturated heterocycles. The summed E-state index contributed by atoms with van der Waals surface area (Å²) >= 11 is 1.25. The second kappa shape index (κ2) is 8.02. The highest BCUT2D eigenvalue weighted by Gasteiger charge is 2.25. The van der Waals surface area contributed by atoms with Gasteiger partial charge in [0.2, 0.25) is 0 Å². The highest BCUT2D eigenvalue weighted by atomic mass is 32.1. The van der Waals surface area contributed by atoms with Crippen molar-refractivity contribution in [2.75, 3.05) is 0 Å². The molecule has 0 radical (unpaired) electrons. The van der Waals surface area contributed by atoms with E-state index in [9.17, 15) is 9.59 Å². The Morgan fingerprint density at radius 1 is 1.14 bits per heavy atom. The number of carbonyl (C=O) groups excluding carboxylic acids is 2. The predicted molar refractivity (Wildman–Crippen MR) is 106 cm³/mol. The third-order valence-corrected chi connectivity index (χ3v) is 6.25. The molecule has 3 aromatic heterocycles. The van der Waals surface area contributed by atoms with Gasteiger partial charge in [0, 0.05) is 24.0 Å². The molecule has 8 heteroatoms. The predicted octanol–water partition coefficient (Wildman–Crippen LogP) is 3.52. The second-order valence-electron chi connectivity index (χ2n) is 7.00. The molecule has 7 nitrogen and oxygen atoms in total. The van der Waals surface area contributed by atoms with Gasteiger partial charge in [0.25, 0.3) is 5.91 Å². The largest absolute Gasteiger partial charge is 0.349 e. The first-order valence-electron chi connectivity index (χ1n) is 9.32. The lowest BCUT2D eigenvalue weighted by atomic mass is 9.91. The highest BCUT2D eigenvalue weighted by molar-refractivity contribution is 7.15. The van der Waals surface area contributed by atoms with Crippen LogP contribution in [-0.2, 0) is 0 Å². The van der Waals surface area contributed by atoms with Crippen molar-refractivity contribution in [3.8, 4) is 11.3 Å². The van der Waals surface area contributed by atoms with Crippen LogP contribution in [0.3, 0.4) is 0 Å². The summed E-state index contributed by atoms with van der Waals surface area (Å²) in [6.45, 7) is 1.51. The van der Waals surface area contributed by atoms with Crippen molar-refractivity contribution in [1.29, 1.82) is 0 Å². The number of aromatic nitrogens is 4. The average molecular weight is 395 g/mol. The van der Waals surface area contributed by atoms with E-state index in [1.807, 2.05) is 23.1 Å². The molecular weight excluding hydrogens is 374 g/mol. The summed E-state index contributed by atoms with van der Waals surface area (Å²) in [7, 11) is 0. The Hall–Kier alpha value is -2.87. The van der Waals surface area contributed by atoms with Gasteiger partial charge in [0.05, 0.1) is 27.7 Å². The SMILES string of the molecule is CC(=O)c1ccc(C(=O)NC2CCC(n3cc(-c4ccncn4)cn3)CC2)s1. The van der Waals surface area contributed by atoms with Gasteiger partial charge in [-0.3, -0.25) is 14.3 Å². The monoisotopic (exact) mass is 395 g/mol. The van der Waals surface area contributed by atoms with Gasteiger partial charge < -0.3 is 5.32 Å². The first-order chi connectivity index (χ1) is 13.6. The van der Waals surface area contributed by atoms with Crippen LogP contribution < -0.4 is 5.32 Å². The molecule has 0 bridgehead atoms. The number of hydrogen-bond donors (Lipinski definition) is 1. The van der Waals surface area contributed by atoms with Gasteiger partial charge in [0.1, 0.15) is 6.33 Å². The van der Waals surface area contributed by atoms with Crippen LogP contribution in [-0.4, -0.2) is 37.5 Å². The van der Waals surface area contributed by atoms with Crippen molar-refractivity contribution >= 4 is 23.0 Å². The number of nitrogens with one attached hydrogen (secondary N) is 1. The molecule has 0 spiro atoms. The van der Waals surface area contributed by atoms with Crippen LogP contribution in [0.5, 0.6) is 0 Å². The minimum absolute atomic E-state index is 0.00915. The van der Waals surface area contributed by atoms with Gasteiger partial charge in [-0.2, -0.15) is 5.10 Å². The second-order valence-corrected chi connectivity index (χ2v) is 8.09. The third kappa shape index (κ3) is 4.01. The molecule has 4 rings (SSSR count). The molecule has 0 aliphatic heterocycles. The summed E-state index contributed by atoms with van der Waals surface area (Å²) in [4.78, 5) is 33.2. The highest BCUT2D eigenvalue weighted by Crippen LogP contribution is 2.29. The van der Waals surface area contributed by atoms with Crippen molar-refractivity contribution < 1.29 is 9.59 Å². The molecule has 0 aromatic carbocycles. The van der Waals surface area contributed by atoms with Gasteiger partial charge in [-0.15, -0.1) is 11.3 Å². The minimum atomic E-state index is -0.0916. The van der Waals surface area contributed by atoms with Gasteiger partial charge in [-0.25, -0.2) is 9.97 Å². The summed E-state index contributed by atoms with van der Waals surface area (Å²) in [5, 5.41) is 7.61. The Balaban J connectivity index is 1.33. The van der Waals surface area contributed by atoms with Gasteiger partial charge >= 0.3 is 0 Å². The van der Waals surface area contributed by atoms with Crippen LogP contribution in [0.4, 0.5) is 0 Å². The molecular formula is C20H21N5O2S. The fourth-order valence-corrected chi connectivity index (χ4v) is 4.33. The molecule has 0 atom stereocenters. The minimum Gasteiger partial charge on any atom is -0.349 e. The van der Waals surface area contributed by atoms with E-state index in [1.165, 1.54) is 24.6 Å². The Morgan fingerprint density at radius 2 is 1.93 bits per heavy atom. The molecule has 144 valence electrons. The van der Waals surface area contributed by atoms with E-state index in [1.54, 1.807) is 18.3 Å². The number of nitrogens with zero attached hydrogens (tertiary/aromatic N) is 4. The smallest absolute Gasteiger partial charge is 0.261 e. The van der Waals surface area contributed by atoms with E-state index < -0.39 is 0 Å². The Kier molecular flexibility index (Phi) is 5.29. The summed E-state index contributed by atoms with van der Waals surface area (Å²) < 4.78 is 2.01. The third-order valence-electron chi connectivity index (χ3n) is 5.06. The molecule has 1 aliphatic rings. The Labute approximate surface area is 166 Å². The number of Topliss-reactive ketones (excluding diaryl/α,β-unsaturated/α-hetero) is 1. The van der Waals surface area contributed by atoms with E-state index in [0.717, 1.165) is 36.9 Å². The lowest BCUT2D eigenvalue weighted by Gasteiger charge is -2.29. The number of rotatable bonds is 5. The summed E-state index contributed by atoms with van der Waals surface area (Å²) in [6, 6.07) is 5.79. The lowest BCUT2D eigenvalue weighted by Crippen LogP contribution is -2.37. The summed E-state index contributed by atoms with van der Waals surface area (Å²) in [5.74, 6) is -0.101.